The first kappa shape index (κ1) is 16.8. The van der Waals surface area contributed by atoms with E-state index in [-0.39, 0.29) is 6.04 Å². The molecule has 0 radical (unpaired) electrons. The van der Waals surface area contributed by atoms with Crippen LogP contribution in [0.2, 0.25) is 0 Å². The van der Waals surface area contributed by atoms with Gasteiger partial charge in [-0.1, -0.05) is 42.6 Å². The van der Waals surface area contributed by atoms with E-state index in [2.05, 4.69) is 59.9 Å². The van der Waals surface area contributed by atoms with E-state index in [1.807, 2.05) is 0 Å². The molecule has 0 spiro atoms. The van der Waals surface area contributed by atoms with Crippen LogP contribution in [-0.4, -0.2) is 19.1 Å². The number of hydrogen-bond acceptors (Lipinski definition) is 2. The van der Waals surface area contributed by atoms with Crippen LogP contribution in [0.4, 0.5) is 5.69 Å². The summed E-state index contributed by atoms with van der Waals surface area (Å²) in [6.07, 6.45) is 7.40. The molecule has 0 heterocycles. The summed E-state index contributed by atoms with van der Waals surface area (Å²) in [5.74, 6) is 0.778. The summed E-state index contributed by atoms with van der Waals surface area (Å²) in [5, 5.41) is 0. The fourth-order valence-electron chi connectivity index (χ4n) is 3.54. The molecule has 1 aliphatic rings. The molecule has 1 fully saturated rings. The number of rotatable bonds is 5. The fraction of sp³-hybridized carbons (Fsp3) is 0.667. The van der Waals surface area contributed by atoms with Gasteiger partial charge in [-0.05, 0) is 55.4 Å². The minimum Gasteiger partial charge on any atom is -0.371 e. The monoisotopic (exact) mass is 352 g/mol. The van der Waals surface area contributed by atoms with Gasteiger partial charge in [0.05, 0.1) is 0 Å². The molecule has 3 atom stereocenters. The largest absolute Gasteiger partial charge is 0.371 e. The van der Waals surface area contributed by atoms with Gasteiger partial charge >= 0.3 is 0 Å². The zero-order valence-electron chi connectivity index (χ0n) is 13.6. The van der Waals surface area contributed by atoms with Gasteiger partial charge in [-0.15, -0.1) is 0 Å². The average Bonchev–Trinajstić information content (AvgIpc) is 2.47. The van der Waals surface area contributed by atoms with Gasteiger partial charge in [-0.2, -0.15) is 0 Å². The second kappa shape index (κ2) is 7.64. The highest BCUT2D eigenvalue weighted by molar-refractivity contribution is 9.10. The topological polar surface area (TPSA) is 29.3 Å². The van der Waals surface area contributed by atoms with E-state index in [4.69, 9.17) is 5.73 Å². The molecule has 2 nitrogen and oxygen atoms in total. The molecule has 21 heavy (non-hydrogen) atoms. The molecule has 1 aliphatic carbocycles. The van der Waals surface area contributed by atoms with Crippen molar-refractivity contribution in [3.05, 3.63) is 28.2 Å². The predicted molar refractivity (Wildman–Crippen MR) is 95.9 cm³/mol. The van der Waals surface area contributed by atoms with Crippen LogP contribution in [0.15, 0.2) is 22.7 Å². The summed E-state index contributed by atoms with van der Waals surface area (Å²) >= 11 is 3.61. The van der Waals surface area contributed by atoms with Crippen molar-refractivity contribution in [3.63, 3.8) is 0 Å². The van der Waals surface area contributed by atoms with Crippen molar-refractivity contribution < 1.29 is 0 Å². The highest BCUT2D eigenvalue weighted by Gasteiger charge is 2.26. The lowest BCUT2D eigenvalue weighted by Gasteiger charge is -2.38. The van der Waals surface area contributed by atoms with Crippen molar-refractivity contribution in [1.29, 1.82) is 0 Å². The molecule has 1 aromatic rings. The minimum atomic E-state index is 0.246. The number of nitrogens with zero attached hydrogens (tertiary/aromatic N) is 1. The van der Waals surface area contributed by atoms with Crippen molar-refractivity contribution >= 4 is 21.6 Å². The van der Waals surface area contributed by atoms with Crippen molar-refractivity contribution in [2.75, 3.05) is 11.9 Å². The molecule has 2 rings (SSSR count). The molecular formula is C18H29BrN2. The van der Waals surface area contributed by atoms with Crippen LogP contribution in [0.1, 0.15) is 51.5 Å². The molecule has 0 saturated heterocycles. The molecule has 118 valence electrons. The van der Waals surface area contributed by atoms with E-state index in [0.717, 1.165) is 23.2 Å². The maximum atomic E-state index is 6.20. The van der Waals surface area contributed by atoms with Gasteiger partial charge in [0.1, 0.15) is 0 Å². The summed E-state index contributed by atoms with van der Waals surface area (Å²) in [5.41, 5.74) is 8.93. The zero-order chi connectivity index (χ0) is 15.4. The quantitative estimate of drug-likeness (QED) is 0.828. The Labute approximate surface area is 138 Å². The van der Waals surface area contributed by atoms with Gasteiger partial charge in [0, 0.05) is 29.3 Å². The third-order valence-electron chi connectivity index (χ3n) is 4.99. The first-order valence-corrected chi connectivity index (χ1v) is 9.09. The van der Waals surface area contributed by atoms with Crippen LogP contribution in [0.5, 0.6) is 0 Å². The Bertz CT molecular complexity index is 461. The lowest BCUT2D eigenvalue weighted by atomic mass is 9.84. The van der Waals surface area contributed by atoms with Crippen molar-refractivity contribution in [1.82, 2.24) is 0 Å². The first-order chi connectivity index (χ1) is 10.0. The normalized spacial score (nSPS) is 23.9. The van der Waals surface area contributed by atoms with Crippen molar-refractivity contribution in [2.45, 2.75) is 64.5 Å². The Morgan fingerprint density at radius 1 is 1.33 bits per heavy atom. The number of anilines is 1. The number of nitrogens with two attached hydrogens (primary N) is 1. The van der Waals surface area contributed by atoms with Crippen LogP contribution < -0.4 is 10.6 Å². The Balaban J connectivity index is 2.24. The Morgan fingerprint density at radius 3 is 2.71 bits per heavy atom. The SMILES string of the molecule is CCC(N)Cc1cc(Br)ccc1N(C)C1CCCCC1C. The summed E-state index contributed by atoms with van der Waals surface area (Å²) in [7, 11) is 2.26. The maximum Gasteiger partial charge on any atom is 0.0400 e. The fourth-order valence-corrected chi connectivity index (χ4v) is 3.95. The van der Waals surface area contributed by atoms with E-state index >= 15 is 0 Å². The number of hydrogen-bond donors (Lipinski definition) is 1. The third-order valence-corrected chi connectivity index (χ3v) is 5.48. The Morgan fingerprint density at radius 2 is 2.05 bits per heavy atom. The molecule has 1 aromatic carbocycles. The third kappa shape index (κ3) is 4.23. The highest BCUT2D eigenvalue weighted by Crippen LogP contribution is 2.33. The molecule has 0 amide bonds. The second-order valence-electron chi connectivity index (χ2n) is 6.59. The molecule has 2 N–H and O–H groups in total. The maximum absolute atomic E-state index is 6.20. The highest BCUT2D eigenvalue weighted by atomic mass is 79.9. The van der Waals surface area contributed by atoms with Crippen LogP contribution in [0, 0.1) is 5.92 Å². The Kier molecular flexibility index (Phi) is 6.12. The lowest BCUT2D eigenvalue weighted by Crippen LogP contribution is -2.39. The van der Waals surface area contributed by atoms with Gasteiger partial charge < -0.3 is 10.6 Å². The zero-order valence-corrected chi connectivity index (χ0v) is 15.2. The minimum absolute atomic E-state index is 0.246. The Hall–Kier alpha value is -0.540. The average molecular weight is 353 g/mol. The van der Waals surface area contributed by atoms with Gasteiger partial charge in [-0.3, -0.25) is 0 Å². The number of benzene rings is 1. The summed E-state index contributed by atoms with van der Waals surface area (Å²) < 4.78 is 1.15. The van der Waals surface area contributed by atoms with Gasteiger partial charge in [0.2, 0.25) is 0 Å². The molecule has 0 aromatic heterocycles. The first-order valence-electron chi connectivity index (χ1n) is 8.29. The molecule has 3 heteroatoms. The summed E-state index contributed by atoms with van der Waals surface area (Å²) in [6, 6.07) is 7.56. The van der Waals surface area contributed by atoms with Crippen molar-refractivity contribution in [3.8, 4) is 0 Å². The summed E-state index contributed by atoms with van der Waals surface area (Å²) in [4.78, 5) is 2.51. The van der Waals surface area contributed by atoms with Gasteiger partial charge in [-0.25, -0.2) is 0 Å². The van der Waals surface area contributed by atoms with Crippen molar-refractivity contribution in [2.24, 2.45) is 11.7 Å². The van der Waals surface area contributed by atoms with Gasteiger partial charge in [0.25, 0.3) is 0 Å². The number of halogens is 1. The van der Waals surface area contributed by atoms with E-state index in [1.54, 1.807) is 0 Å². The molecule has 3 unspecified atom stereocenters. The lowest BCUT2D eigenvalue weighted by molar-refractivity contribution is 0.321. The standard InChI is InChI=1S/C18H29BrN2/c1-4-16(20)12-14-11-15(19)9-10-18(14)21(3)17-8-6-5-7-13(17)2/h9-11,13,16-17H,4-8,12,20H2,1-3H3. The van der Waals surface area contributed by atoms with Crippen LogP contribution in [0.3, 0.4) is 0 Å². The second-order valence-corrected chi connectivity index (χ2v) is 7.50. The van der Waals surface area contributed by atoms with Crippen LogP contribution >= 0.6 is 15.9 Å². The molecule has 0 aliphatic heterocycles. The van der Waals surface area contributed by atoms with Crippen LogP contribution in [-0.2, 0) is 6.42 Å². The van der Waals surface area contributed by atoms with E-state index in [1.165, 1.54) is 36.9 Å². The molecule has 0 bridgehead atoms. The van der Waals surface area contributed by atoms with Gasteiger partial charge in [0.15, 0.2) is 0 Å². The summed E-state index contributed by atoms with van der Waals surface area (Å²) in [6.45, 7) is 4.56. The van der Waals surface area contributed by atoms with E-state index < -0.39 is 0 Å². The molecular weight excluding hydrogens is 324 g/mol. The van der Waals surface area contributed by atoms with Crippen LogP contribution in [0.25, 0.3) is 0 Å². The smallest absolute Gasteiger partial charge is 0.0400 e. The predicted octanol–water partition coefficient (Wildman–Crippen LogP) is 4.74. The molecule has 1 saturated carbocycles. The van der Waals surface area contributed by atoms with E-state index in [0.29, 0.717) is 6.04 Å². The van der Waals surface area contributed by atoms with E-state index in [9.17, 15) is 0 Å².